The molecule has 6 N–H and O–H groups in total. The summed E-state index contributed by atoms with van der Waals surface area (Å²) in [6, 6.07) is 14.9. The van der Waals surface area contributed by atoms with E-state index in [0.717, 1.165) is 0 Å². The lowest BCUT2D eigenvalue weighted by molar-refractivity contribution is 0.313. The molecule has 0 fully saturated rings. The Balaban J connectivity index is 2.17. The predicted molar refractivity (Wildman–Crippen MR) is 84.5 cm³/mol. The smallest absolute Gasteiger partial charge is 0.346 e. The second kappa shape index (κ2) is 6.20. The van der Waals surface area contributed by atoms with Gasteiger partial charge in [0.2, 0.25) is 0 Å². The van der Waals surface area contributed by atoms with Gasteiger partial charge in [-0.1, -0.05) is 30.3 Å². The summed E-state index contributed by atoms with van der Waals surface area (Å²) in [6.45, 7) is 1.24. The Bertz CT molecular complexity index is 668. The van der Waals surface area contributed by atoms with Crippen molar-refractivity contribution in [1.82, 2.24) is 0 Å². The van der Waals surface area contributed by atoms with Crippen LogP contribution in [0, 0.1) is 0 Å². The van der Waals surface area contributed by atoms with Crippen molar-refractivity contribution in [2.75, 3.05) is 0 Å². The van der Waals surface area contributed by atoms with Gasteiger partial charge in [0.05, 0.1) is 6.04 Å². The molecule has 6 nitrogen and oxygen atoms in total. The van der Waals surface area contributed by atoms with E-state index < -0.39 is 18.9 Å². The van der Waals surface area contributed by atoms with Crippen molar-refractivity contribution in [3.63, 3.8) is 0 Å². The summed E-state index contributed by atoms with van der Waals surface area (Å²) in [5.74, 6) is 1.29. The van der Waals surface area contributed by atoms with Gasteiger partial charge < -0.3 is 26.0 Å². The fourth-order valence-electron chi connectivity index (χ4n) is 1.89. The average Bonchev–Trinajstić information content (AvgIpc) is 2.47. The first-order chi connectivity index (χ1) is 10.2. The topological polar surface area (TPSA) is 119 Å². The van der Waals surface area contributed by atoms with Crippen molar-refractivity contribution < 1.29 is 19.1 Å². The molecule has 2 atom stereocenters. The van der Waals surface area contributed by atoms with E-state index in [0.29, 0.717) is 17.1 Å². The number of hydrogen-bond acceptors (Lipinski definition) is 4. The van der Waals surface area contributed by atoms with Crippen LogP contribution in [0.5, 0.6) is 11.5 Å². The van der Waals surface area contributed by atoms with Crippen LogP contribution in [0.1, 0.15) is 18.5 Å². The van der Waals surface area contributed by atoms with Gasteiger partial charge in [-0.15, -0.1) is 0 Å². The second-order valence-corrected chi connectivity index (χ2v) is 7.28. The van der Waals surface area contributed by atoms with E-state index in [9.17, 15) is 14.4 Å². The van der Waals surface area contributed by atoms with Gasteiger partial charge in [0, 0.05) is 0 Å². The Morgan fingerprint density at radius 3 is 2.05 bits per heavy atom. The zero-order chi connectivity index (χ0) is 16.4. The van der Waals surface area contributed by atoms with Crippen LogP contribution in [-0.2, 0) is 4.57 Å². The van der Waals surface area contributed by atoms with E-state index in [1.807, 2.05) is 30.3 Å². The van der Waals surface area contributed by atoms with E-state index >= 15 is 0 Å². The van der Waals surface area contributed by atoms with Crippen LogP contribution in [-0.4, -0.2) is 15.1 Å². The molecule has 0 saturated carbocycles. The van der Waals surface area contributed by atoms with Crippen LogP contribution in [0.4, 0.5) is 0 Å². The molecule has 7 heteroatoms. The summed E-state index contributed by atoms with van der Waals surface area (Å²) in [5, 5.41) is -1.84. The zero-order valence-corrected chi connectivity index (χ0v) is 13.0. The van der Waals surface area contributed by atoms with Crippen LogP contribution >= 0.6 is 7.60 Å². The first-order valence-corrected chi connectivity index (χ1v) is 8.26. The SMILES string of the molecule is C[C@@](N)([C@H](N)c1ccc(Oc2ccccc2)cc1)P(=O)(O)O. The summed E-state index contributed by atoms with van der Waals surface area (Å²) < 4.78 is 17.1. The first kappa shape index (κ1) is 16.7. The van der Waals surface area contributed by atoms with Gasteiger partial charge >= 0.3 is 7.60 Å². The minimum atomic E-state index is -4.54. The fraction of sp³-hybridized carbons (Fsp3) is 0.200. The molecular weight excluding hydrogens is 303 g/mol. The Morgan fingerprint density at radius 2 is 1.55 bits per heavy atom. The first-order valence-electron chi connectivity index (χ1n) is 6.65. The standard InChI is InChI=1S/C15H19N2O4P/c1-15(17,22(18,19)20)14(16)11-7-9-13(10-8-11)21-12-5-3-2-4-6-12/h2-10,14H,16-17H2,1H3,(H2,18,19,20)/t14-,15+/m1/s1. The van der Waals surface area contributed by atoms with Gasteiger partial charge in [0.15, 0.2) is 0 Å². The molecule has 0 heterocycles. The van der Waals surface area contributed by atoms with Gasteiger partial charge in [0.25, 0.3) is 0 Å². The van der Waals surface area contributed by atoms with Crippen LogP contribution in [0.15, 0.2) is 54.6 Å². The molecule has 0 aliphatic carbocycles. The minimum absolute atomic E-state index is 0.522. The molecule has 0 amide bonds. The predicted octanol–water partition coefficient (Wildman–Crippen LogP) is 2.33. The van der Waals surface area contributed by atoms with Gasteiger partial charge in [-0.05, 0) is 36.8 Å². The quantitative estimate of drug-likeness (QED) is 0.627. The monoisotopic (exact) mass is 322 g/mol. The van der Waals surface area contributed by atoms with E-state index in [-0.39, 0.29) is 0 Å². The largest absolute Gasteiger partial charge is 0.457 e. The molecule has 2 aromatic carbocycles. The lowest BCUT2D eigenvalue weighted by Crippen LogP contribution is -2.46. The Morgan fingerprint density at radius 1 is 1.05 bits per heavy atom. The second-order valence-electron chi connectivity index (χ2n) is 5.23. The summed E-state index contributed by atoms with van der Waals surface area (Å²) in [5.41, 5.74) is 12.1. The van der Waals surface area contributed by atoms with E-state index in [1.54, 1.807) is 24.3 Å². The van der Waals surface area contributed by atoms with E-state index in [1.165, 1.54) is 6.92 Å². The lowest BCUT2D eigenvalue weighted by Gasteiger charge is -2.32. The molecule has 22 heavy (non-hydrogen) atoms. The van der Waals surface area contributed by atoms with Crippen LogP contribution in [0.3, 0.4) is 0 Å². The lowest BCUT2D eigenvalue weighted by atomic mass is 10.0. The number of rotatable bonds is 5. The van der Waals surface area contributed by atoms with Crippen molar-refractivity contribution in [2.24, 2.45) is 11.5 Å². The number of ether oxygens (including phenoxy) is 1. The Hall–Kier alpha value is -1.69. The highest BCUT2D eigenvalue weighted by Gasteiger charge is 2.44. The summed E-state index contributed by atoms with van der Waals surface area (Å²) in [4.78, 5) is 18.6. The molecule has 0 unspecified atom stereocenters. The van der Waals surface area contributed by atoms with Crippen molar-refractivity contribution in [1.29, 1.82) is 0 Å². The molecule has 0 aromatic heterocycles. The highest BCUT2D eigenvalue weighted by atomic mass is 31.2. The average molecular weight is 322 g/mol. The van der Waals surface area contributed by atoms with E-state index in [2.05, 4.69) is 0 Å². The van der Waals surface area contributed by atoms with Crippen molar-refractivity contribution in [3.8, 4) is 11.5 Å². The number of benzene rings is 2. The minimum Gasteiger partial charge on any atom is -0.457 e. The number of para-hydroxylation sites is 1. The van der Waals surface area contributed by atoms with Gasteiger partial charge in [-0.3, -0.25) is 4.57 Å². The molecule has 2 aromatic rings. The summed E-state index contributed by atoms with van der Waals surface area (Å²) >= 11 is 0. The maximum absolute atomic E-state index is 11.4. The highest BCUT2D eigenvalue weighted by molar-refractivity contribution is 7.53. The third kappa shape index (κ3) is 3.55. The normalized spacial score (nSPS) is 15.9. The molecule has 0 bridgehead atoms. The maximum atomic E-state index is 11.4. The number of hydrogen-bond donors (Lipinski definition) is 4. The third-order valence-electron chi connectivity index (χ3n) is 3.48. The van der Waals surface area contributed by atoms with Crippen LogP contribution in [0.25, 0.3) is 0 Å². The van der Waals surface area contributed by atoms with Crippen LogP contribution in [0.2, 0.25) is 0 Å². The van der Waals surface area contributed by atoms with Gasteiger partial charge in [-0.25, -0.2) is 0 Å². The molecule has 0 radical (unpaired) electrons. The highest BCUT2D eigenvalue weighted by Crippen LogP contribution is 2.52. The summed E-state index contributed by atoms with van der Waals surface area (Å²) in [7, 11) is -4.54. The van der Waals surface area contributed by atoms with Crippen molar-refractivity contribution >= 4 is 7.60 Å². The molecule has 118 valence electrons. The third-order valence-corrected chi connectivity index (χ3v) is 5.01. The van der Waals surface area contributed by atoms with Crippen molar-refractivity contribution in [3.05, 3.63) is 60.2 Å². The number of nitrogens with two attached hydrogens (primary N) is 2. The van der Waals surface area contributed by atoms with Crippen LogP contribution < -0.4 is 16.2 Å². The Labute approximate surface area is 128 Å². The van der Waals surface area contributed by atoms with Gasteiger partial charge in [0.1, 0.15) is 16.8 Å². The van der Waals surface area contributed by atoms with E-state index in [4.69, 9.17) is 16.2 Å². The molecular formula is C15H19N2O4P. The van der Waals surface area contributed by atoms with Gasteiger partial charge in [-0.2, -0.15) is 0 Å². The molecule has 0 aliphatic rings. The molecule has 0 saturated heterocycles. The Kier molecular flexibility index (Phi) is 4.70. The molecule has 0 aliphatic heterocycles. The fourth-order valence-corrected chi connectivity index (χ4v) is 2.40. The maximum Gasteiger partial charge on any atom is 0.346 e. The molecule has 0 spiro atoms. The molecule has 2 rings (SSSR count). The zero-order valence-electron chi connectivity index (χ0n) is 12.1. The summed E-state index contributed by atoms with van der Waals surface area (Å²) in [6.07, 6.45) is 0. The van der Waals surface area contributed by atoms with Crippen molar-refractivity contribution in [2.45, 2.75) is 18.2 Å².